The second-order valence-electron chi connectivity index (χ2n) is 7.19. The summed E-state index contributed by atoms with van der Waals surface area (Å²) < 4.78 is 33.6. The lowest BCUT2D eigenvalue weighted by Crippen LogP contribution is -2.38. The summed E-state index contributed by atoms with van der Waals surface area (Å²) in [6, 6.07) is 22.0. The molecule has 0 aliphatic heterocycles. The van der Waals surface area contributed by atoms with E-state index < -0.39 is 22.5 Å². The lowest BCUT2D eigenvalue weighted by molar-refractivity contribution is -0.114. The molecule has 0 unspecified atom stereocenters. The van der Waals surface area contributed by atoms with Crippen molar-refractivity contribution in [1.29, 1.82) is 5.26 Å². The minimum atomic E-state index is -4.02. The van der Waals surface area contributed by atoms with E-state index in [1.807, 2.05) is 13.2 Å². The van der Waals surface area contributed by atoms with Gasteiger partial charge in [0.15, 0.2) is 0 Å². The number of carbonyl (C=O) groups excluding carboxylic acids is 1. The van der Waals surface area contributed by atoms with E-state index in [9.17, 15) is 13.2 Å². The molecule has 0 spiro atoms. The van der Waals surface area contributed by atoms with Crippen LogP contribution in [0.2, 0.25) is 0 Å². The van der Waals surface area contributed by atoms with Gasteiger partial charge in [0.25, 0.3) is 10.0 Å². The quantitative estimate of drug-likeness (QED) is 0.409. The molecule has 0 aromatic heterocycles. The first-order chi connectivity index (χ1) is 16.4. The fraction of sp³-hybridized carbons (Fsp3) is 0.200. The van der Waals surface area contributed by atoms with E-state index in [4.69, 9.17) is 10.00 Å². The molecule has 0 saturated carbocycles. The zero-order chi connectivity index (χ0) is 24.6. The smallest absolute Gasteiger partial charge is 0.264 e. The Morgan fingerprint density at radius 3 is 2.24 bits per heavy atom. The molecule has 3 aromatic carbocycles. The lowest BCUT2D eigenvalue weighted by Gasteiger charge is -2.24. The molecule has 0 aliphatic rings. The van der Waals surface area contributed by atoms with Crippen molar-refractivity contribution in [3.8, 4) is 11.8 Å². The van der Waals surface area contributed by atoms with E-state index in [2.05, 4.69) is 11.4 Å². The summed E-state index contributed by atoms with van der Waals surface area (Å²) in [4.78, 5) is 13.9. The molecule has 0 bridgehead atoms. The predicted molar refractivity (Wildman–Crippen MR) is 135 cm³/mol. The first-order valence-corrected chi connectivity index (χ1v) is 13.2. The van der Waals surface area contributed by atoms with Gasteiger partial charge in [-0.25, -0.2) is 8.42 Å². The number of rotatable bonds is 10. The van der Waals surface area contributed by atoms with Gasteiger partial charge in [0, 0.05) is 10.6 Å². The van der Waals surface area contributed by atoms with Crippen molar-refractivity contribution in [3.05, 3.63) is 78.4 Å². The summed E-state index contributed by atoms with van der Waals surface area (Å²) >= 11 is 1.51. The van der Waals surface area contributed by atoms with Gasteiger partial charge in [0.2, 0.25) is 5.91 Å². The Kier molecular flexibility index (Phi) is 8.57. The molecule has 0 fully saturated rings. The van der Waals surface area contributed by atoms with Crippen LogP contribution in [-0.4, -0.2) is 33.7 Å². The number of amides is 1. The van der Waals surface area contributed by atoms with Crippen molar-refractivity contribution in [3.63, 3.8) is 0 Å². The minimum absolute atomic E-state index is 0.0906. The zero-order valence-electron chi connectivity index (χ0n) is 18.9. The topological polar surface area (TPSA) is 99.5 Å². The van der Waals surface area contributed by atoms with Gasteiger partial charge in [0.1, 0.15) is 12.3 Å². The Morgan fingerprint density at radius 2 is 1.68 bits per heavy atom. The fourth-order valence-corrected chi connectivity index (χ4v) is 5.02. The maximum absolute atomic E-state index is 13.5. The van der Waals surface area contributed by atoms with Crippen molar-refractivity contribution in [2.45, 2.75) is 23.1 Å². The normalized spacial score (nSPS) is 10.9. The van der Waals surface area contributed by atoms with E-state index >= 15 is 0 Å². The summed E-state index contributed by atoms with van der Waals surface area (Å²) in [5.41, 5.74) is 1.68. The van der Waals surface area contributed by atoms with Crippen LogP contribution in [0.25, 0.3) is 0 Å². The summed E-state index contributed by atoms with van der Waals surface area (Å²) in [5.74, 6) is 0.112. The minimum Gasteiger partial charge on any atom is -0.494 e. The van der Waals surface area contributed by atoms with Crippen LogP contribution in [0.4, 0.5) is 11.4 Å². The second-order valence-corrected chi connectivity index (χ2v) is 9.94. The van der Waals surface area contributed by atoms with Gasteiger partial charge < -0.3 is 10.1 Å². The van der Waals surface area contributed by atoms with E-state index in [0.29, 0.717) is 23.7 Å². The summed E-state index contributed by atoms with van der Waals surface area (Å²) in [6.07, 6.45) is 2.18. The van der Waals surface area contributed by atoms with Gasteiger partial charge in [-0.05, 0) is 79.4 Å². The predicted octanol–water partition coefficient (Wildman–Crippen LogP) is 4.71. The first kappa shape index (κ1) is 25.1. The Labute approximate surface area is 204 Å². The van der Waals surface area contributed by atoms with Crippen LogP contribution in [0, 0.1) is 11.3 Å². The van der Waals surface area contributed by atoms with Crippen molar-refractivity contribution >= 4 is 39.1 Å². The van der Waals surface area contributed by atoms with Gasteiger partial charge in [-0.1, -0.05) is 12.1 Å². The number of hydrogen-bond donors (Lipinski definition) is 1. The van der Waals surface area contributed by atoms with E-state index in [1.165, 1.54) is 23.9 Å². The highest BCUT2D eigenvalue weighted by Crippen LogP contribution is 2.27. The number of nitrogens with one attached hydrogen (secondary N) is 1. The van der Waals surface area contributed by atoms with Gasteiger partial charge in [0.05, 0.1) is 29.7 Å². The Bertz CT molecular complexity index is 1250. The Hall–Kier alpha value is -3.48. The largest absolute Gasteiger partial charge is 0.494 e. The Morgan fingerprint density at radius 1 is 1.03 bits per heavy atom. The standard InChI is InChI=1S/C25H25N3O4S2/c1-3-32-22-10-8-21(9-11-22)28(34(30,31)24-14-12-23(33-2)13-15-24)18-25(29)27-20-6-4-19(5-7-20)16-17-26/h4-15H,3,16,18H2,1-2H3,(H,27,29). The summed E-state index contributed by atoms with van der Waals surface area (Å²) in [7, 11) is -4.02. The molecule has 0 saturated heterocycles. The van der Waals surface area contributed by atoms with Crippen molar-refractivity contribution in [1.82, 2.24) is 0 Å². The molecule has 0 aliphatic carbocycles. The number of carbonyl (C=O) groups is 1. The van der Waals surface area contributed by atoms with Crippen molar-refractivity contribution < 1.29 is 17.9 Å². The molecule has 176 valence electrons. The van der Waals surface area contributed by atoms with E-state index in [-0.39, 0.29) is 11.3 Å². The average Bonchev–Trinajstić information content (AvgIpc) is 2.85. The molecule has 1 N–H and O–H groups in total. The lowest BCUT2D eigenvalue weighted by atomic mass is 10.1. The van der Waals surface area contributed by atoms with Gasteiger partial charge in [-0.15, -0.1) is 11.8 Å². The molecule has 0 atom stereocenters. The van der Waals surface area contributed by atoms with Crippen LogP contribution in [0.15, 0.2) is 82.6 Å². The van der Waals surface area contributed by atoms with Crippen LogP contribution < -0.4 is 14.4 Å². The number of anilines is 2. The highest BCUT2D eigenvalue weighted by molar-refractivity contribution is 7.98. The number of nitriles is 1. The zero-order valence-corrected chi connectivity index (χ0v) is 20.5. The third-order valence-electron chi connectivity index (χ3n) is 4.89. The Balaban J connectivity index is 1.89. The summed E-state index contributed by atoms with van der Waals surface area (Å²) in [5, 5.41) is 11.5. The van der Waals surface area contributed by atoms with Crippen molar-refractivity contribution in [2.75, 3.05) is 29.0 Å². The van der Waals surface area contributed by atoms with Gasteiger partial charge >= 0.3 is 0 Å². The first-order valence-electron chi connectivity index (χ1n) is 10.5. The molecule has 0 heterocycles. The number of nitrogens with zero attached hydrogens (tertiary/aromatic N) is 2. The van der Waals surface area contributed by atoms with Gasteiger partial charge in [-0.2, -0.15) is 5.26 Å². The number of sulfonamides is 1. The fourth-order valence-electron chi connectivity index (χ4n) is 3.19. The van der Waals surface area contributed by atoms with Crippen LogP contribution in [-0.2, 0) is 21.2 Å². The molecule has 1 amide bonds. The maximum atomic E-state index is 13.5. The summed E-state index contributed by atoms with van der Waals surface area (Å²) in [6.45, 7) is 1.93. The van der Waals surface area contributed by atoms with Crippen LogP contribution in [0.1, 0.15) is 12.5 Å². The van der Waals surface area contributed by atoms with Crippen LogP contribution in [0.3, 0.4) is 0 Å². The third-order valence-corrected chi connectivity index (χ3v) is 7.42. The molecule has 9 heteroatoms. The number of benzene rings is 3. The van der Waals surface area contributed by atoms with Crippen molar-refractivity contribution in [2.24, 2.45) is 0 Å². The molecular formula is C25H25N3O4S2. The van der Waals surface area contributed by atoms with Crippen LogP contribution in [0.5, 0.6) is 5.75 Å². The number of thioether (sulfide) groups is 1. The monoisotopic (exact) mass is 495 g/mol. The highest BCUT2D eigenvalue weighted by Gasteiger charge is 2.27. The number of hydrogen-bond acceptors (Lipinski definition) is 6. The molecule has 34 heavy (non-hydrogen) atoms. The average molecular weight is 496 g/mol. The molecule has 3 rings (SSSR count). The van der Waals surface area contributed by atoms with E-state index in [0.717, 1.165) is 14.8 Å². The molecule has 7 nitrogen and oxygen atoms in total. The molecule has 3 aromatic rings. The molecular weight excluding hydrogens is 470 g/mol. The maximum Gasteiger partial charge on any atom is 0.264 e. The van der Waals surface area contributed by atoms with E-state index in [1.54, 1.807) is 60.7 Å². The molecule has 0 radical (unpaired) electrons. The third kappa shape index (κ3) is 6.31. The van der Waals surface area contributed by atoms with Crippen LogP contribution >= 0.6 is 11.8 Å². The van der Waals surface area contributed by atoms with Gasteiger partial charge in [-0.3, -0.25) is 9.10 Å². The highest BCUT2D eigenvalue weighted by atomic mass is 32.2. The second kappa shape index (κ2) is 11.6. The number of ether oxygens (including phenoxy) is 1. The SMILES string of the molecule is CCOc1ccc(N(CC(=O)Nc2ccc(CC#N)cc2)S(=O)(=O)c2ccc(SC)cc2)cc1.